The SMILES string of the molecule is CCc1ccc(C2C(C#N)=C(N)N(c3nnc(SCC#N)s3)C3=C2C(=O)CC(C)(C)C3)cc1. The predicted octanol–water partition coefficient (Wildman–Crippen LogP) is 4.66. The van der Waals surface area contributed by atoms with E-state index < -0.39 is 5.92 Å². The zero-order valence-corrected chi connectivity index (χ0v) is 20.4. The number of benzene rings is 1. The monoisotopic (exact) mass is 476 g/mol. The molecule has 1 aromatic heterocycles. The molecule has 2 aliphatic rings. The van der Waals surface area contributed by atoms with Crippen molar-refractivity contribution in [2.24, 2.45) is 11.1 Å². The standard InChI is InChI=1S/C24H24N6OS2/c1-4-14-5-7-15(8-6-14)19-16(13-26)21(27)30(22-28-29-23(33-22)32-10-9-25)17-11-24(2,3)12-18(31)20(17)19/h5-8,19H,4,10-12,27H2,1-3H3. The van der Waals surface area contributed by atoms with E-state index in [1.165, 1.54) is 28.7 Å². The van der Waals surface area contributed by atoms with Crippen molar-refractivity contribution in [3.63, 3.8) is 0 Å². The fourth-order valence-corrected chi connectivity index (χ4v) is 5.99. The van der Waals surface area contributed by atoms with E-state index in [0.29, 0.717) is 33.5 Å². The van der Waals surface area contributed by atoms with Crippen LogP contribution >= 0.6 is 23.1 Å². The van der Waals surface area contributed by atoms with Crippen LogP contribution in [0, 0.1) is 28.1 Å². The average Bonchev–Trinajstić information content (AvgIpc) is 3.24. The van der Waals surface area contributed by atoms with Crippen LogP contribution in [0.3, 0.4) is 0 Å². The number of hydrogen-bond acceptors (Lipinski definition) is 9. The minimum atomic E-state index is -0.504. The number of allylic oxidation sites excluding steroid dienone is 3. The number of nitrogens with two attached hydrogens (primary N) is 1. The first-order valence-corrected chi connectivity index (χ1v) is 12.5. The second-order valence-electron chi connectivity index (χ2n) is 8.87. The van der Waals surface area contributed by atoms with Gasteiger partial charge in [0, 0.05) is 17.7 Å². The Morgan fingerprint density at radius 1 is 1.24 bits per heavy atom. The Morgan fingerprint density at radius 2 is 1.97 bits per heavy atom. The molecule has 1 aliphatic carbocycles. The first-order chi connectivity index (χ1) is 15.8. The van der Waals surface area contributed by atoms with Crippen LogP contribution in [0.15, 0.2) is 51.3 Å². The molecule has 0 fully saturated rings. The average molecular weight is 477 g/mol. The van der Waals surface area contributed by atoms with E-state index in [1.54, 1.807) is 4.90 Å². The van der Waals surface area contributed by atoms with Gasteiger partial charge < -0.3 is 5.73 Å². The summed E-state index contributed by atoms with van der Waals surface area (Å²) in [6.07, 6.45) is 1.94. The molecule has 7 nitrogen and oxygen atoms in total. The highest BCUT2D eigenvalue weighted by atomic mass is 32.2. The highest BCUT2D eigenvalue weighted by molar-refractivity contribution is 8.01. The number of Topliss-reactive ketones (excluding diaryl/α,β-unsaturated/α-hetero) is 1. The van der Waals surface area contributed by atoms with Crippen molar-refractivity contribution in [2.75, 3.05) is 10.7 Å². The van der Waals surface area contributed by atoms with E-state index in [0.717, 1.165) is 17.7 Å². The normalized spacial score (nSPS) is 19.8. The summed E-state index contributed by atoms with van der Waals surface area (Å²) in [7, 11) is 0. The molecular weight excluding hydrogens is 452 g/mol. The molecule has 1 unspecified atom stereocenters. The van der Waals surface area contributed by atoms with Crippen LogP contribution < -0.4 is 10.6 Å². The van der Waals surface area contributed by atoms with Gasteiger partial charge in [0.1, 0.15) is 5.82 Å². The fourth-order valence-electron chi connectivity index (χ4n) is 4.45. The Bertz CT molecular complexity index is 1240. The van der Waals surface area contributed by atoms with E-state index in [4.69, 9.17) is 11.0 Å². The number of hydrogen-bond donors (Lipinski definition) is 1. The second-order valence-corrected chi connectivity index (χ2v) is 11.1. The van der Waals surface area contributed by atoms with E-state index in [1.807, 2.05) is 24.3 Å². The van der Waals surface area contributed by atoms with Crippen LogP contribution in [-0.2, 0) is 11.2 Å². The van der Waals surface area contributed by atoms with Gasteiger partial charge in [-0.05, 0) is 29.4 Å². The van der Waals surface area contributed by atoms with Crippen LogP contribution in [0.25, 0.3) is 0 Å². The molecule has 1 aromatic carbocycles. The molecule has 2 aromatic rings. The van der Waals surface area contributed by atoms with Crippen LogP contribution in [0.4, 0.5) is 5.13 Å². The molecular formula is C24H24N6OS2. The van der Waals surface area contributed by atoms with Crippen molar-refractivity contribution in [1.82, 2.24) is 10.2 Å². The summed E-state index contributed by atoms with van der Waals surface area (Å²) in [5, 5.41) is 28.0. The summed E-state index contributed by atoms with van der Waals surface area (Å²) in [4.78, 5) is 15.2. The zero-order valence-electron chi connectivity index (χ0n) is 18.8. The lowest BCUT2D eigenvalue weighted by Crippen LogP contribution is -2.42. The maximum absolute atomic E-state index is 13.5. The number of ketones is 1. The van der Waals surface area contributed by atoms with Gasteiger partial charge in [-0.1, -0.05) is 68.1 Å². The molecule has 1 aliphatic heterocycles. The molecule has 168 valence electrons. The second kappa shape index (κ2) is 9.01. The van der Waals surface area contributed by atoms with Crippen LogP contribution in [0.5, 0.6) is 0 Å². The third-order valence-corrected chi connectivity index (χ3v) is 7.86. The first-order valence-electron chi connectivity index (χ1n) is 10.7. The number of nitrogens with zero attached hydrogens (tertiary/aromatic N) is 5. The molecule has 33 heavy (non-hydrogen) atoms. The minimum Gasteiger partial charge on any atom is -0.384 e. The van der Waals surface area contributed by atoms with Gasteiger partial charge in [0.25, 0.3) is 0 Å². The lowest BCUT2D eigenvalue weighted by atomic mass is 9.68. The van der Waals surface area contributed by atoms with Gasteiger partial charge in [0.05, 0.1) is 29.4 Å². The molecule has 0 saturated heterocycles. The van der Waals surface area contributed by atoms with E-state index >= 15 is 0 Å². The molecule has 2 N–H and O–H groups in total. The zero-order chi connectivity index (χ0) is 23.8. The fraction of sp³-hybridized carbons (Fsp3) is 0.375. The summed E-state index contributed by atoms with van der Waals surface area (Å²) in [5.74, 6) is 0.0636. The summed E-state index contributed by atoms with van der Waals surface area (Å²) in [6.45, 7) is 6.21. The Morgan fingerprint density at radius 3 is 2.61 bits per heavy atom. The Labute approximate surface area is 201 Å². The lowest BCUT2D eigenvalue weighted by Gasteiger charge is -2.42. The molecule has 2 heterocycles. The van der Waals surface area contributed by atoms with Crippen molar-refractivity contribution < 1.29 is 4.79 Å². The van der Waals surface area contributed by atoms with Gasteiger partial charge in [-0.2, -0.15) is 10.5 Å². The van der Waals surface area contributed by atoms with E-state index in [9.17, 15) is 10.1 Å². The number of aromatic nitrogens is 2. The van der Waals surface area contributed by atoms with E-state index in [-0.39, 0.29) is 22.8 Å². The Hall–Kier alpha value is -3.14. The van der Waals surface area contributed by atoms with Gasteiger partial charge in [-0.3, -0.25) is 9.69 Å². The highest BCUT2D eigenvalue weighted by Crippen LogP contribution is 2.50. The number of anilines is 1. The number of aryl methyl sites for hydroxylation is 1. The molecule has 0 bridgehead atoms. The van der Waals surface area contributed by atoms with E-state index in [2.05, 4.69) is 43.1 Å². The number of nitriles is 2. The van der Waals surface area contributed by atoms with Gasteiger partial charge in [0.15, 0.2) is 10.1 Å². The van der Waals surface area contributed by atoms with Crippen molar-refractivity contribution in [3.8, 4) is 12.1 Å². The maximum Gasteiger partial charge on any atom is 0.219 e. The number of carbonyl (C=O) groups excluding carboxylic acids is 1. The smallest absolute Gasteiger partial charge is 0.219 e. The van der Waals surface area contributed by atoms with Crippen LogP contribution in [0.1, 0.15) is 50.7 Å². The largest absolute Gasteiger partial charge is 0.384 e. The van der Waals surface area contributed by atoms with Crippen molar-refractivity contribution >= 4 is 34.0 Å². The molecule has 0 radical (unpaired) electrons. The maximum atomic E-state index is 13.5. The minimum absolute atomic E-state index is 0.0275. The van der Waals surface area contributed by atoms with Crippen LogP contribution in [-0.4, -0.2) is 21.7 Å². The number of carbonyl (C=O) groups is 1. The lowest BCUT2D eigenvalue weighted by molar-refractivity contribution is -0.118. The molecule has 1 atom stereocenters. The Balaban J connectivity index is 1.90. The molecule has 9 heteroatoms. The summed E-state index contributed by atoms with van der Waals surface area (Å²) < 4.78 is 0.638. The predicted molar refractivity (Wildman–Crippen MR) is 129 cm³/mol. The quantitative estimate of drug-likeness (QED) is 0.619. The van der Waals surface area contributed by atoms with Gasteiger partial charge in [-0.15, -0.1) is 10.2 Å². The Kier molecular flexibility index (Phi) is 6.29. The number of thioether (sulfide) groups is 1. The highest BCUT2D eigenvalue weighted by Gasteiger charge is 2.45. The number of rotatable bonds is 5. The third kappa shape index (κ3) is 4.27. The summed E-state index contributed by atoms with van der Waals surface area (Å²) in [6, 6.07) is 12.4. The topological polar surface area (TPSA) is 120 Å². The van der Waals surface area contributed by atoms with Crippen molar-refractivity contribution in [1.29, 1.82) is 10.5 Å². The summed E-state index contributed by atoms with van der Waals surface area (Å²) >= 11 is 2.60. The van der Waals surface area contributed by atoms with Gasteiger partial charge >= 0.3 is 0 Å². The van der Waals surface area contributed by atoms with Crippen molar-refractivity contribution in [3.05, 3.63) is 58.1 Å². The van der Waals surface area contributed by atoms with Gasteiger partial charge in [0.2, 0.25) is 5.13 Å². The first kappa shape index (κ1) is 23.0. The summed E-state index contributed by atoms with van der Waals surface area (Å²) in [5.41, 5.74) is 10.2. The molecule has 0 spiro atoms. The molecule has 4 rings (SSSR count). The van der Waals surface area contributed by atoms with Crippen molar-refractivity contribution in [2.45, 2.75) is 50.3 Å². The van der Waals surface area contributed by atoms with Crippen LogP contribution in [0.2, 0.25) is 0 Å². The molecule has 0 saturated carbocycles. The van der Waals surface area contributed by atoms with Gasteiger partial charge in [-0.25, -0.2) is 0 Å². The molecule has 0 amide bonds. The third-order valence-electron chi connectivity index (χ3n) is 5.95.